The van der Waals surface area contributed by atoms with Crippen molar-refractivity contribution in [2.24, 2.45) is 11.7 Å². The van der Waals surface area contributed by atoms with Crippen molar-refractivity contribution in [3.63, 3.8) is 0 Å². The standard InChI is InChI=1S/C11H24N2/c1-3-11-6-5-10(2)13(9-11)8-4-7-12/h10-11H,3-9,12H2,1-2H3/t10-,11+/m0/s1. The van der Waals surface area contributed by atoms with Gasteiger partial charge < -0.3 is 10.6 Å². The molecule has 0 saturated carbocycles. The Morgan fingerprint density at radius 2 is 2.15 bits per heavy atom. The normalized spacial score (nSPS) is 30.7. The van der Waals surface area contributed by atoms with Gasteiger partial charge in [0.05, 0.1) is 0 Å². The molecule has 0 aromatic carbocycles. The van der Waals surface area contributed by atoms with Crippen LogP contribution in [0.5, 0.6) is 0 Å². The second-order valence-electron chi connectivity index (χ2n) is 4.34. The summed E-state index contributed by atoms with van der Waals surface area (Å²) in [7, 11) is 0. The van der Waals surface area contributed by atoms with Crippen LogP contribution in [0.25, 0.3) is 0 Å². The lowest BCUT2D eigenvalue weighted by Gasteiger charge is -2.37. The topological polar surface area (TPSA) is 29.3 Å². The van der Waals surface area contributed by atoms with Crippen LogP contribution in [0.15, 0.2) is 0 Å². The summed E-state index contributed by atoms with van der Waals surface area (Å²) >= 11 is 0. The fourth-order valence-corrected chi connectivity index (χ4v) is 2.20. The van der Waals surface area contributed by atoms with Crippen molar-refractivity contribution in [3.05, 3.63) is 0 Å². The number of hydrogen-bond acceptors (Lipinski definition) is 2. The molecule has 1 aliphatic heterocycles. The smallest absolute Gasteiger partial charge is 0.00671 e. The average molecular weight is 184 g/mol. The summed E-state index contributed by atoms with van der Waals surface area (Å²) in [5, 5.41) is 0. The molecular weight excluding hydrogens is 160 g/mol. The minimum absolute atomic E-state index is 0.786. The number of nitrogens with two attached hydrogens (primary N) is 1. The lowest BCUT2D eigenvalue weighted by molar-refractivity contribution is 0.115. The van der Waals surface area contributed by atoms with E-state index in [1.54, 1.807) is 0 Å². The molecule has 13 heavy (non-hydrogen) atoms. The van der Waals surface area contributed by atoms with Crippen molar-refractivity contribution in [3.8, 4) is 0 Å². The molecule has 1 rings (SSSR count). The molecule has 1 heterocycles. The first-order valence-corrected chi connectivity index (χ1v) is 5.72. The van der Waals surface area contributed by atoms with Crippen molar-refractivity contribution in [1.82, 2.24) is 4.90 Å². The van der Waals surface area contributed by atoms with Crippen LogP contribution in [0.1, 0.15) is 39.5 Å². The highest BCUT2D eigenvalue weighted by Gasteiger charge is 2.23. The Hall–Kier alpha value is -0.0800. The summed E-state index contributed by atoms with van der Waals surface area (Å²) in [5.41, 5.74) is 5.53. The van der Waals surface area contributed by atoms with E-state index in [9.17, 15) is 0 Å². The summed E-state index contributed by atoms with van der Waals surface area (Å²) < 4.78 is 0. The monoisotopic (exact) mass is 184 g/mol. The highest BCUT2D eigenvalue weighted by molar-refractivity contribution is 4.78. The molecule has 2 atom stereocenters. The second kappa shape index (κ2) is 5.61. The lowest BCUT2D eigenvalue weighted by atomic mass is 9.91. The largest absolute Gasteiger partial charge is 0.330 e. The Morgan fingerprint density at radius 1 is 1.38 bits per heavy atom. The first-order valence-electron chi connectivity index (χ1n) is 5.72. The van der Waals surface area contributed by atoms with Crippen molar-refractivity contribution in [1.29, 1.82) is 0 Å². The van der Waals surface area contributed by atoms with Crippen LogP contribution in [-0.2, 0) is 0 Å². The van der Waals surface area contributed by atoms with E-state index < -0.39 is 0 Å². The molecular formula is C11H24N2. The van der Waals surface area contributed by atoms with Gasteiger partial charge in [-0.2, -0.15) is 0 Å². The molecule has 0 spiro atoms. The van der Waals surface area contributed by atoms with Gasteiger partial charge in [-0.15, -0.1) is 0 Å². The first kappa shape index (κ1) is 11.0. The van der Waals surface area contributed by atoms with E-state index in [1.165, 1.54) is 32.4 Å². The minimum atomic E-state index is 0.786. The number of nitrogens with zero attached hydrogens (tertiary/aromatic N) is 1. The van der Waals surface area contributed by atoms with Crippen LogP contribution >= 0.6 is 0 Å². The number of piperidine rings is 1. The Morgan fingerprint density at radius 3 is 2.77 bits per heavy atom. The number of hydrogen-bond donors (Lipinski definition) is 1. The van der Waals surface area contributed by atoms with Crippen LogP contribution in [0, 0.1) is 5.92 Å². The molecule has 0 radical (unpaired) electrons. The fourth-order valence-electron chi connectivity index (χ4n) is 2.20. The van der Waals surface area contributed by atoms with Gasteiger partial charge in [0.1, 0.15) is 0 Å². The highest BCUT2D eigenvalue weighted by Crippen LogP contribution is 2.23. The molecule has 0 unspecified atom stereocenters. The average Bonchev–Trinajstić information content (AvgIpc) is 2.17. The van der Waals surface area contributed by atoms with E-state index in [-0.39, 0.29) is 0 Å². The zero-order valence-electron chi connectivity index (χ0n) is 9.13. The molecule has 0 aromatic heterocycles. The highest BCUT2D eigenvalue weighted by atomic mass is 15.2. The maximum Gasteiger partial charge on any atom is 0.00671 e. The van der Waals surface area contributed by atoms with Gasteiger partial charge in [0.25, 0.3) is 0 Å². The van der Waals surface area contributed by atoms with Crippen LogP contribution in [-0.4, -0.2) is 30.6 Å². The molecule has 0 bridgehead atoms. The van der Waals surface area contributed by atoms with Gasteiger partial charge in [-0.25, -0.2) is 0 Å². The molecule has 0 aliphatic carbocycles. The van der Waals surface area contributed by atoms with Gasteiger partial charge in [0, 0.05) is 12.6 Å². The summed E-state index contributed by atoms with van der Waals surface area (Å²) in [6, 6.07) is 0.786. The number of likely N-dealkylation sites (tertiary alicyclic amines) is 1. The van der Waals surface area contributed by atoms with Gasteiger partial charge in [-0.05, 0) is 45.2 Å². The first-order chi connectivity index (χ1) is 6.27. The third kappa shape index (κ3) is 3.28. The Labute approximate surface area is 82.5 Å². The van der Waals surface area contributed by atoms with Gasteiger partial charge in [0.15, 0.2) is 0 Å². The Bertz CT molecular complexity index is 136. The van der Waals surface area contributed by atoms with Crippen molar-refractivity contribution < 1.29 is 0 Å². The van der Waals surface area contributed by atoms with Crippen molar-refractivity contribution in [2.45, 2.75) is 45.6 Å². The quantitative estimate of drug-likeness (QED) is 0.722. The van der Waals surface area contributed by atoms with Gasteiger partial charge in [0.2, 0.25) is 0 Å². The van der Waals surface area contributed by atoms with Gasteiger partial charge >= 0.3 is 0 Å². The van der Waals surface area contributed by atoms with Gasteiger partial charge in [-0.3, -0.25) is 0 Å². The van der Waals surface area contributed by atoms with E-state index >= 15 is 0 Å². The summed E-state index contributed by atoms with van der Waals surface area (Å²) in [6.07, 6.45) is 5.30. The predicted molar refractivity (Wildman–Crippen MR) is 57.7 cm³/mol. The lowest BCUT2D eigenvalue weighted by Crippen LogP contribution is -2.42. The second-order valence-corrected chi connectivity index (χ2v) is 4.34. The molecule has 78 valence electrons. The molecule has 1 aliphatic rings. The van der Waals surface area contributed by atoms with E-state index in [4.69, 9.17) is 5.73 Å². The molecule has 0 aromatic rings. The third-order valence-electron chi connectivity index (χ3n) is 3.34. The molecule has 2 nitrogen and oxygen atoms in total. The van der Waals surface area contributed by atoms with E-state index in [0.29, 0.717) is 0 Å². The summed E-state index contributed by atoms with van der Waals surface area (Å²) in [5.74, 6) is 0.939. The van der Waals surface area contributed by atoms with Crippen molar-refractivity contribution >= 4 is 0 Å². The van der Waals surface area contributed by atoms with Crippen LogP contribution in [0.2, 0.25) is 0 Å². The summed E-state index contributed by atoms with van der Waals surface area (Å²) in [6.45, 7) is 8.00. The maximum absolute atomic E-state index is 5.53. The van der Waals surface area contributed by atoms with Gasteiger partial charge in [-0.1, -0.05) is 13.3 Å². The zero-order valence-corrected chi connectivity index (χ0v) is 9.13. The van der Waals surface area contributed by atoms with Crippen LogP contribution < -0.4 is 5.73 Å². The predicted octanol–water partition coefficient (Wildman–Crippen LogP) is 1.85. The third-order valence-corrected chi connectivity index (χ3v) is 3.34. The van der Waals surface area contributed by atoms with Crippen molar-refractivity contribution in [2.75, 3.05) is 19.6 Å². The van der Waals surface area contributed by atoms with E-state index in [0.717, 1.165) is 24.9 Å². The van der Waals surface area contributed by atoms with Crippen LogP contribution in [0.4, 0.5) is 0 Å². The molecule has 2 N–H and O–H groups in total. The van der Waals surface area contributed by atoms with E-state index in [2.05, 4.69) is 18.7 Å². The summed E-state index contributed by atoms with van der Waals surface area (Å²) in [4.78, 5) is 2.62. The van der Waals surface area contributed by atoms with E-state index in [1.807, 2.05) is 0 Å². The molecule has 2 heteroatoms. The molecule has 1 saturated heterocycles. The maximum atomic E-state index is 5.53. The molecule has 0 amide bonds. The Kier molecular flexibility index (Phi) is 4.74. The number of rotatable bonds is 4. The van der Waals surface area contributed by atoms with Crippen LogP contribution in [0.3, 0.4) is 0 Å². The SMILES string of the molecule is CC[C@@H]1CC[C@H](C)N(CCCN)C1. The Balaban J connectivity index is 2.31. The zero-order chi connectivity index (χ0) is 9.68. The molecule has 1 fully saturated rings. The minimum Gasteiger partial charge on any atom is -0.330 e. The fraction of sp³-hybridized carbons (Fsp3) is 1.00.